The molecule has 2 aliphatic rings. The van der Waals surface area contributed by atoms with Gasteiger partial charge in [0, 0.05) is 31.0 Å². The van der Waals surface area contributed by atoms with Crippen LogP contribution in [0.5, 0.6) is 46.0 Å². The number of aliphatic hydroxyl groups is 1. The van der Waals surface area contributed by atoms with Gasteiger partial charge in [0.1, 0.15) is 57.1 Å². The molecule has 4 aromatic rings. The highest BCUT2D eigenvalue weighted by atomic mass is 16.6. The molecule has 0 saturated carbocycles. The van der Waals surface area contributed by atoms with Gasteiger partial charge in [-0.25, -0.2) is 0 Å². The Morgan fingerprint density at radius 2 is 1.15 bits per heavy atom. The topological polar surface area (TPSA) is 194 Å². The van der Waals surface area contributed by atoms with E-state index in [0.717, 1.165) is 18.2 Å². The summed E-state index contributed by atoms with van der Waals surface area (Å²) in [6.45, 7) is 0. The van der Waals surface area contributed by atoms with E-state index < -0.39 is 69.2 Å². The lowest BCUT2D eigenvalue weighted by Crippen LogP contribution is -2.43. The molecule has 6 rings (SSSR count). The number of rotatable bonds is 5. The van der Waals surface area contributed by atoms with E-state index >= 15 is 0 Å². The first-order chi connectivity index (χ1) is 19.4. The number of hydrogen-bond donors (Lipinski definition) is 7. The molecule has 11 heteroatoms. The standard InChI is InChI=1S/C30H22O11/c31-16-5-1-14(2-6-16)12-29(27(37)23-19(34)9-18(33)10-22(23)40-29)25-21(36)11-20(35)24-26(25)41-30(39,28(24)38)13-15-3-7-17(32)8-4-15/h1-11,31-36,39H,12-13H2/t29-,30+/m0/s1. The molecule has 208 valence electrons. The molecule has 41 heavy (non-hydrogen) atoms. The van der Waals surface area contributed by atoms with Crippen molar-refractivity contribution >= 4 is 11.6 Å². The van der Waals surface area contributed by atoms with E-state index in [1.807, 2.05) is 0 Å². The van der Waals surface area contributed by atoms with Gasteiger partial charge in [-0.05, 0) is 35.4 Å². The number of benzene rings is 4. The van der Waals surface area contributed by atoms with Crippen molar-refractivity contribution in [3.8, 4) is 46.0 Å². The highest BCUT2D eigenvalue weighted by Gasteiger charge is 2.58. The zero-order valence-electron chi connectivity index (χ0n) is 21.0. The number of Topliss-reactive ketones (excluding diaryl/α,β-unsaturated/α-hetero) is 2. The molecule has 4 aromatic carbocycles. The molecule has 0 unspecified atom stereocenters. The molecule has 0 aromatic heterocycles. The Bertz CT molecular complexity index is 1740. The van der Waals surface area contributed by atoms with Crippen LogP contribution < -0.4 is 9.47 Å². The summed E-state index contributed by atoms with van der Waals surface area (Å²) in [6, 6.07) is 14.1. The molecule has 0 radical (unpaired) electrons. The monoisotopic (exact) mass is 558 g/mol. The fraction of sp³-hybridized carbons (Fsp3) is 0.133. The zero-order chi connectivity index (χ0) is 29.3. The van der Waals surface area contributed by atoms with Crippen LogP contribution in [0.3, 0.4) is 0 Å². The summed E-state index contributed by atoms with van der Waals surface area (Å²) in [7, 11) is 0. The number of ketones is 2. The average Bonchev–Trinajstić information content (AvgIpc) is 3.32. The molecule has 2 heterocycles. The summed E-state index contributed by atoms with van der Waals surface area (Å²) in [5.41, 5.74) is -2.66. The molecule has 0 fully saturated rings. The van der Waals surface area contributed by atoms with Crippen LogP contribution in [0, 0.1) is 0 Å². The lowest BCUT2D eigenvalue weighted by atomic mass is 9.80. The first kappa shape index (κ1) is 25.8. The average molecular weight is 558 g/mol. The second-order valence-corrected chi connectivity index (χ2v) is 9.99. The van der Waals surface area contributed by atoms with Gasteiger partial charge in [0.25, 0.3) is 5.79 Å². The Balaban J connectivity index is 1.55. The van der Waals surface area contributed by atoms with Crippen molar-refractivity contribution in [1.29, 1.82) is 0 Å². The Morgan fingerprint density at radius 3 is 1.76 bits per heavy atom. The first-order valence-electron chi connectivity index (χ1n) is 12.3. The lowest BCUT2D eigenvalue weighted by Gasteiger charge is -2.30. The third-order valence-electron chi connectivity index (χ3n) is 7.21. The van der Waals surface area contributed by atoms with Crippen molar-refractivity contribution in [1.82, 2.24) is 0 Å². The summed E-state index contributed by atoms with van der Waals surface area (Å²) < 4.78 is 11.9. The van der Waals surface area contributed by atoms with Crippen LogP contribution in [-0.2, 0) is 18.4 Å². The molecular weight excluding hydrogens is 536 g/mol. The minimum absolute atomic E-state index is 0.0468. The second-order valence-electron chi connectivity index (χ2n) is 9.99. The maximum absolute atomic E-state index is 14.1. The van der Waals surface area contributed by atoms with Crippen molar-refractivity contribution in [3.63, 3.8) is 0 Å². The number of fused-ring (bicyclic) bond motifs is 2. The van der Waals surface area contributed by atoms with Gasteiger partial charge in [-0.3, -0.25) is 9.59 Å². The molecule has 0 bridgehead atoms. The number of phenolic OH excluding ortho intramolecular Hbond substituents is 6. The van der Waals surface area contributed by atoms with Gasteiger partial charge < -0.3 is 45.2 Å². The summed E-state index contributed by atoms with van der Waals surface area (Å²) in [5.74, 6) is -7.81. The van der Waals surface area contributed by atoms with Crippen LogP contribution in [-0.4, -0.2) is 53.1 Å². The van der Waals surface area contributed by atoms with Crippen molar-refractivity contribution in [2.24, 2.45) is 0 Å². The minimum Gasteiger partial charge on any atom is -0.508 e. The van der Waals surface area contributed by atoms with Gasteiger partial charge in [0.05, 0.1) is 5.56 Å². The largest absolute Gasteiger partial charge is 0.508 e. The quantitative estimate of drug-likeness (QED) is 0.190. The maximum Gasteiger partial charge on any atom is 0.277 e. The van der Waals surface area contributed by atoms with Gasteiger partial charge in [-0.1, -0.05) is 24.3 Å². The highest BCUT2D eigenvalue weighted by Crippen LogP contribution is 2.56. The predicted molar refractivity (Wildman–Crippen MR) is 140 cm³/mol. The fourth-order valence-corrected chi connectivity index (χ4v) is 5.36. The smallest absolute Gasteiger partial charge is 0.277 e. The highest BCUT2D eigenvalue weighted by molar-refractivity contribution is 6.13. The molecule has 0 amide bonds. The summed E-state index contributed by atoms with van der Waals surface area (Å²) in [4.78, 5) is 27.6. The third-order valence-corrected chi connectivity index (χ3v) is 7.21. The van der Waals surface area contributed by atoms with Crippen LogP contribution in [0.2, 0.25) is 0 Å². The minimum atomic E-state index is -2.58. The van der Waals surface area contributed by atoms with E-state index in [0.29, 0.717) is 11.1 Å². The molecule has 2 aliphatic heterocycles. The number of carbonyl (C=O) groups excluding carboxylic acids is 2. The van der Waals surface area contributed by atoms with Crippen LogP contribution in [0.15, 0.2) is 66.7 Å². The molecule has 0 aliphatic carbocycles. The molecule has 7 N–H and O–H groups in total. The van der Waals surface area contributed by atoms with Gasteiger partial charge in [0.15, 0.2) is 0 Å². The Hall–Kier alpha value is -5.42. The van der Waals surface area contributed by atoms with E-state index in [2.05, 4.69) is 0 Å². The van der Waals surface area contributed by atoms with E-state index in [4.69, 9.17) is 9.47 Å². The fourth-order valence-electron chi connectivity index (χ4n) is 5.36. The van der Waals surface area contributed by atoms with E-state index in [9.17, 15) is 45.3 Å². The normalized spacial score (nSPS) is 20.8. The summed E-state index contributed by atoms with van der Waals surface area (Å²) >= 11 is 0. The van der Waals surface area contributed by atoms with Crippen LogP contribution >= 0.6 is 0 Å². The van der Waals surface area contributed by atoms with E-state index in [-0.39, 0.29) is 29.2 Å². The number of ether oxygens (including phenoxy) is 2. The summed E-state index contributed by atoms with van der Waals surface area (Å²) in [5, 5.41) is 73.1. The molecule has 0 saturated heterocycles. The van der Waals surface area contributed by atoms with E-state index in [1.54, 1.807) is 0 Å². The Kier molecular flexibility index (Phi) is 5.54. The molecule has 2 atom stereocenters. The Morgan fingerprint density at radius 1 is 0.585 bits per heavy atom. The van der Waals surface area contributed by atoms with Gasteiger partial charge in [-0.2, -0.15) is 0 Å². The van der Waals surface area contributed by atoms with Gasteiger partial charge >= 0.3 is 0 Å². The van der Waals surface area contributed by atoms with Crippen molar-refractivity contribution < 1.29 is 54.8 Å². The SMILES string of the molecule is O=C1c2c(O)cc(O)c([C@]3(Cc4ccc(O)cc4)Oc4cc(O)cc(O)c4C3=O)c2O[C@]1(O)Cc1ccc(O)cc1. The second kappa shape index (κ2) is 8.80. The van der Waals surface area contributed by atoms with Crippen molar-refractivity contribution in [2.45, 2.75) is 24.2 Å². The van der Waals surface area contributed by atoms with Crippen molar-refractivity contribution in [3.05, 3.63) is 94.5 Å². The number of aromatic hydroxyl groups is 6. The van der Waals surface area contributed by atoms with Gasteiger partial charge in [0.2, 0.25) is 17.2 Å². The third kappa shape index (κ3) is 3.94. The maximum atomic E-state index is 14.1. The number of hydrogen-bond acceptors (Lipinski definition) is 11. The van der Waals surface area contributed by atoms with Gasteiger partial charge in [-0.15, -0.1) is 0 Å². The molecule has 11 nitrogen and oxygen atoms in total. The number of carbonyl (C=O) groups is 2. The van der Waals surface area contributed by atoms with E-state index in [1.165, 1.54) is 48.5 Å². The predicted octanol–water partition coefficient (Wildman–Crippen LogP) is 3.14. The van der Waals surface area contributed by atoms with Crippen LogP contribution in [0.25, 0.3) is 0 Å². The summed E-state index contributed by atoms with van der Waals surface area (Å²) in [6.07, 6.45) is -0.755. The number of phenols is 6. The molecule has 0 spiro atoms. The lowest BCUT2D eigenvalue weighted by molar-refractivity contribution is -0.0903. The van der Waals surface area contributed by atoms with Crippen LogP contribution in [0.1, 0.15) is 37.4 Å². The van der Waals surface area contributed by atoms with Crippen LogP contribution in [0.4, 0.5) is 0 Å². The molecular formula is C30H22O11. The first-order valence-corrected chi connectivity index (χ1v) is 12.3. The Labute approximate surface area is 231 Å². The van der Waals surface area contributed by atoms with Crippen molar-refractivity contribution in [2.75, 3.05) is 0 Å². The zero-order valence-corrected chi connectivity index (χ0v) is 21.0.